The van der Waals surface area contributed by atoms with Crippen LogP contribution in [0.4, 0.5) is 0 Å². The van der Waals surface area contributed by atoms with Gasteiger partial charge in [-0.05, 0) is 44.4 Å². The molecule has 0 bridgehead atoms. The van der Waals surface area contributed by atoms with Crippen molar-refractivity contribution in [1.29, 1.82) is 0 Å². The van der Waals surface area contributed by atoms with Gasteiger partial charge < -0.3 is 20.1 Å². The van der Waals surface area contributed by atoms with Crippen LogP contribution in [0.25, 0.3) is 0 Å². The molecule has 1 amide bonds. The van der Waals surface area contributed by atoms with Gasteiger partial charge in [0, 0.05) is 29.6 Å². The Bertz CT molecular complexity index is 744. The van der Waals surface area contributed by atoms with Crippen molar-refractivity contribution in [1.82, 2.24) is 9.88 Å². The van der Waals surface area contributed by atoms with E-state index in [1.165, 1.54) is 11.3 Å². The van der Waals surface area contributed by atoms with Crippen molar-refractivity contribution >= 4 is 42.1 Å². The van der Waals surface area contributed by atoms with E-state index in [0.717, 1.165) is 31.5 Å². The molecule has 9 heteroatoms. The van der Waals surface area contributed by atoms with E-state index in [2.05, 4.69) is 4.98 Å². The minimum absolute atomic E-state index is 0. The highest BCUT2D eigenvalue weighted by atomic mass is 35.5. The first-order valence-corrected chi connectivity index (χ1v) is 9.79. The van der Waals surface area contributed by atoms with E-state index in [1.54, 1.807) is 30.8 Å². The molecule has 1 aliphatic rings. The average molecular weight is 448 g/mol. The van der Waals surface area contributed by atoms with Gasteiger partial charge in [-0.3, -0.25) is 4.79 Å². The summed E-state index contributed by atoms with van der Waals surface area (Å²) in [6, 6.07) is 5.35. The van der Waals surface area contributed by atoms with Crippen molar-refractivity contribution in [3.05, 3.63) is 40.3 Å². The molecule has 2 N–H and O–H groups in total. The topological polar surface area (TPSA) is 77.7 Å². The van der Waals surface area contributed by atoms with Crippen LogP contribution in [0, 0.1) is 0 Å². The number of aromatic nitrogens is 1. The van der Waals surface area contributed by atoms with Crippen molar-refractivity contribution in [2.45, 2.75) is 44.9 Å². The molecule has 28 heavy (non-hydrogen) atoms. The lowest BCUT2D eigenvalue weighted by molar-refractivity contribution is 0.0583. The van der Waals surface area contributed by atoms with Gasteiger partial charge in [0.1, 0.15) is 6.61 Å². The molecule has 1 aromatic carbocycles. The minimum Gasteiger partial charge on any atom is -0.493 e. The number of hydrogen-bond donors (Lipinski definition) is 1. The zero-order valence-electron chi connectivity index (χ0n) is 16.0. The van der Waals surface area contributed by atoms with E-state index in [-0.39, 0.29) is 42.8 Å². The van der Waals surface area contributed by atoms with Crippen LogP contribution in [-0.4, -0.2) is 41.5 Å². The lowest BCUT2D eigenvalue weighted by Crippen LogP contribution is -2.51. The molecule has 1 aromatic heterocycles. The predicted octanol–water partition coefficient (Wildman–Crippen LogP) is 3.92. The molecule has 1 fully saturated rings. The number of halogens is 2. The molecule has 2 aromatic rings. The number of thiazole rings is 1. The summed E-state index contributed by atoms with van der Waals surface area (Å²) in [4.78, 5) is 19.1. The highest BCUT2D eigenvalue weighted by Gasteiger charge is 2.30. The standard InChI is InChI=1S/C19H25N3O3S.2ClH/c1-13(20)16-5-3-4-8-22(16)19(23)14-6-7-17(18(9-14)24-2)25-10-15-11-26-12-21-15;;/h6-7,9,11-13,16H,3-5,8,10,20H2,1-2H3;2*1H. The molecule has 0 saturated carbocycles. The van der Waals surface area contributed by atoms with Crippen LogP contribution in [0.2, 0.25) is 0 Å². The van der Waals surface area contributed by atoms with E-state index in [4.69, 9.17) is 15.2 Å². The van der Waals surface area contributed by atoms with Gasteiger partial charge in [0.2, 0.25) is 0 Å². The minimum atomic E-state index is -0.0399. The van der Waals surface area contributed by atoms with Crippen molar-refractivity contribution in [2.24, 2.45) is 5.73 Å². The predicted molar refractivity (Wildman–Crippen MR) is 116 cm³/mol. The molecule has 2 atom stereocenters. The molecular weight excluding hydrogens is 421 g/mol. The molecule has 2 heterocycles. The smallest absolute Gasteiger partial charge is 0.254 e. The summed E-state index contributed by atoms with van der Waals surface area (Å²) < 4.78 is 11.2. The van der Waals surface area contributed by atoms with Gasteiger partial charge in [0.05, 0.1) is 18.3 Å². The molecule has 2 unspecified atom stereocenters. The maximum atomic E-state index is 13.0. The molecule has 0 aliphatic carbocycles. The Labute approximate surface area is 182 Å². The van der Waals surface area contributed by atoms with Crippen LogP contribution < -0.4 is 15.2 Å². The second kappa shape index (κ2) is 11.5. The van der Waals surface area contributed by atoms with Gasteiger partial charge >= 0.3 is 0 Å². The molecule has 0 spiro atoms. The molecular formula is C19H27Cl2N3O3S. The Morgan fingerprint density at radius 3 is 2.79 bits per heavy atom. The summed E-state index contributed by atoms with van der Waals surface area (Å²) >= 11 is 1.53. The van der Waals surface area contributed by atoms with E-state index >= 15 is 0 Å². The second-order valence-corrected chi connectivity index (χ2v) is 7.27. The maximum Gasteiger partial charge on any atom is 0.254 e. The summed E-state index contributed by atoms with van der Waals surface area (Å²) in [5.74, 6) is 1.14. The molecule has 6 nitrogen and oxygen atoms in total. The van der Waals surface area contributed by atoms with E-state index in [9.17, 15) is 4.79 Å². The number of likely N-dealkylation sites (tertiary alicyclic amines) is 1. The molecule has 0 radical (unpaired) electrons. The first-order valence-electron chi connectivity index (χ1n) is 8.84. The number of nitrogens with two attached hydrogens (primary N) is 1. The number of carbonyl (C=O) groups excluding carboxylic acids is 1. The van der Waals surface area contributed by atoms with Crippen molar-refractivity contribution in [2.75, 3.05) is 13.7 Å². The van der Waals surface area contributed by atoms with E-state index < -0.39 is 0 Å². The van der Waals surface area contributed by atoms with Crippen LogP contribution in [0.15, 0.2) is 29.1 Å². The normalized spacial score (nSPS) is 17.1. The quantitative estimate of drug-likeness (QED) is 0.725. The SMILES string of the molecule is COc1cc(C(=O)N2CCCCC2C(C)N)ccc1OCc1cscn1.Cl.Cl. The van der Waals surface area contributed by atoms with Crippen LogP contribution in [0.1, 0.15) is 42.2 Å². The zero-order valence-corrected chi connectivity index (χ0v) is 18.4. The fraction of sp³-hybridized carbons (Fsp3) is 0.474. The fourth-order valence-corrected chi connectivity index (χ4v) is 3.85. The Morgan fingerprint density at radius 2 is 2.14 bits per heavy atom. The lowest BCUT2D eigenvalue weighted by atomic mass is 9.96. The molecule has 156 valence electrons. The Hall–Kier alpha value is -1.54. The van der Waals surface area contributed by atoms with Gasteiger partial charge in [-0.25, -0.2) is 4.98 Å². The maximum absolute atomic E-state index is 13.0. The summed E-state index contributed by atoms with van der Waals surface area (Å²) in [5.41, 5.74) is 9.32. The number of methoxy groups -OCH3 is 1. The Balaban J connectivity index is 0.00000196. The molecule has 3 rings (SSSR count). The van der Waals surface area contributed by atoms with E-state index in [1.807, 2.05) is 17.2 Å². The van der Waals surface area contributed by atoms with Gasteiger partial charge in [-0.1, -0.05) is 0 Å². The average Bonchev–Trinajstić information content (AvgIpc) is 3.19. The third-order valence-electron chi connectivity index (χ3n) is 4.69. The number of benzene rings is 1. The first kappa shape index (κ1) is 24.5. The van der Waals surface area contributed by atoms with Crippen LogP contribution in [-0.2, 0) is 6.61 Å². The second-order valence-electron chi connectivity index (χ2n) is 6.55. The third-order valence-corrected chi connectivity index (χ3v) is 5.32. The number of ether oxygens (including phenoxy) is 2. The number of carbonyl (C=O) groups is 1. The van der Waals surface area contributed by atoms with E-state index in [0.29, 0.717) is 23.7 Å². The largest absolute Gasteiger partial charge is 0.493 e. The summed E-state index contributed by atoms with van der Waals surface area (Å²) in [6.07, 6.45) is 3.08. The fourth-order valence-electron chi connectivity index (χ4n) is 3.30. The van der Waals surface area contributed by atoms with Crippen LogP contribution in [0.3, 0.4) is 0 Å². The Kier molecular flexibility index (Phi) is 10.0. The first-order chi connectivity index (χ1) is 12.6. The Morgan fingerprint density at radius 1 is 1.36 bits per heavy atom. The van der Waals surface area contributed by atoms with Crippen molar-refractivity contribution in [3.63, 3.8) is 0 Å². The number of nitrogens with zero attached hydrogens (tertiary/aromatic N) is 2. The number of rotatable bonds is 6. The third kappa shape index (κ3) is 5.73. The van der Waals surface area contributed by atoms with Gasteiger partial charge in [0.25, 0.3) is 5.91 Å². The van der Waals surface area contributed by atoms with Crippen molar-refractivity contribution in [3.8, 4) is 11.5 Å². The monoisotopic (exact) mass is 447 g/mol. The molecule has 1 aliphatic heterocycles. The van der Waals surface area contributed by atoms with Crippen LogP contribution >= 0.6 is 36.2 Å². The van der Waals surface area contributed by atoms with Gasteiger partial charge in [-0.2, -0.15) is 0 Å². The number of hydrogen-bond acceptors (Lipinski definition) is 6. The van der Waals surface area contributed by atoms with Gasteiger partial charge in [-0.15, -0.1) is 36.2 Å². The number of amides is 1. The zero-order chi connectivity index (χ0) is 18.5. The highest BCUT2D eigenvalue weighted by molar-refractivity contribution is 7.07. The number of piperidine rings is 1. The van der Waals surface area contributed by atoms with Crippen molar-refractivity contribution < 1.29 is 14.3 Å². The summed E-state index contributed by atoms with van der Waals surface area (Å²) in [6.45, 7) is 3.08. The highest BCUT2D eigenvalue weighted by Crippen LogP contribution is 2.30. The van der Waals surface area contributed by atoms with Gasteiger partial charge in [0.15, 0.2) is 11.5 Å². The summed E-state index contributed by atoms with van der Waals surface area (Å²) in [5, 5.41) is 1.94. The van der Waals surface area contributed by atoms with Crippen LogP contribution in [0.5, 0.6) is 11.5 Å². The molecule has 1 saturated heterocycles. The lowest BCUT2D eigenvalue weighted by Gasteiger charge is -2.38. The summed E-state index contributed by atoms with van der Waals surface area (Å²) in [7, 11) is 1.57.